The maximum Gasteiger partial charge on any atom is 0.137 e. The minimum atomic E-state index is 0.451. The van der Waals surface area contributed by atoms with E-state index in [1.54, 1.807) is 5.56 Å². The normalized spacial score (nSPS) is 28.9. The monoisotopic (exact) mass is 541 g/mol. The number of hydrogen-bond donors (Lipinski definition) is 0. The highest BCUT2D eigenvalue weighted by atomic mass is 15.1. The van der Waals surface area contributed by atoms with Gasteiger partial charge in [0.2, 0.25) is 0 Å². The van der Waals surface area contributed by atoms with Crippen LogP contribution in [-0.4, -0.2) is 14.1 Å². The van der Waals surface area contributed by atoms with Crippen LogP contribution in [0.5, 0.6) is 0 Å². The molecule has 4 aliphatic carbocycles. The molecule has 7 aromatic rings. The van der Waals surface area contributed by atoms with Gasteiger partial charge in [-0.2, -0.15) is 0 Å². The molecule has 0 amide bonds. The molecule has 0 N–H and O–H groups in total. The van der Waals surface area contributed by atoms with Crippen LogP contribution in [0.3, 0.4) is 0 Å². The van der Waals surface area contributed by atoms with Crippen LogP contribution in [0.4, 0.5) is 0 Å². The molecule has 0 radical (unpaired) electrons. The van der Waals surface area contributed by atoms with Gasteiger partial charge in [-0.15, -0.1) is 0 Å². The van der Waals surface area contributed by atoms with Gasteiger partial charge in [-0.3, -0.25) is 4.57 Å². The quantitative estimate of drug-likeness (QED) is 0.218. The third-order valence-corrected chi connectivity index (χ3v) is 12.4. The largest absolute Gasteiger partial charge is 0.308 e. The van der Waals surface area contributed by atoms with Crippen LogP contribution in [0.1, 0.15) is 37.7 Å². The van der Waals surface area contributed by atoms with Gasteiger partial charge < -0.3 is 4.57 Å². The summed E-state index contributed by atoms with van der Waals surface area (Å²) in [5.41, 5.74) is 8.75. The third-order valence-electron chi connectivity index (χ3n) is 12.4. The topological polar surface area (TPSA) is 22.8 Å². The van der Waals surface area contributed by atoms with Crippen molar-refractivity contribution in [3.63, 3.8) is 0 Å². The second-order valence-corrected chi connectivity index (χ2v) is 13.8. The van der Waals surface area contributed by atoms with E-state index in [0.717, 1.165) is 29.3 Å². The van der Waals surface area contributed by atoms with Crippen LogP contribution in [0, 0.1) is 23.2 Å². The zero-order valence-electron chi connectivity index (χ0n) is 23.5. The first-order valence-corrected chi connectivity index (χ1v) is 15.7. The molecule has 3 heterocycles. The molecule has 3 nitrogen and oxygen atoms in total. The van der Waals surface area contributed by atoms with Crippen LogP contribution in [0.25, 0.3) is 55.1 Å². The van der Waals surface area contributed by atoms with Crippen molar-refractivity contribution in [2.24, 2.45) is 23.2 Å². The number of aromatic nitrogens is 3. The molecule has 11 rings (SSSR count). The van der Waals surface area contributed by atoms with Crippen molar-refractivity contribution in [3.05, 3.63) is 115 Å². The fraction of sp³-hybridized carbons (Fsp3) is 0.256. The summed E-state index contributed by atoms with van der Waals surface area (Å²) in [6.45, 7) is 0. The van der Waals surface area contributed by atoms with E-state index < -0.39 is 0 Å². The van der Waals surface area contributed by atoms with Crippen LogP contribution in [0.2, 0.25) is 0 Å². The third kappa shape index (κ3) is 2.39. The molecule has 3 heteroatoms. The maximum atomic E-state index is 5.08. The molecule has 5 unspecified atom stereocenters. The summed E-state index contributed by atoms with van der Waals surface area (Å²) in [6.07, 6.45) is 9.44. The highest BCUT2D eigenvalue weighted by molar-refractivity contribution is 6.10. The Labute approximate surface area is 244 Å². The van der Waals surface area contributed by atoms with E-state index in [4.69, 9.17) is 4.98 Å². The standard InChI is InChI=1S/C39H31N3/c1-5-11-34-29(7-1)30-8-2-6-12-35(30)42(34)37-16-14-28(23-40-37)41-33-10-4-3-9-31(33)32-19-25(13-15-36(32)41)38-20-24-17-26-18-27(22-38)39(26,38)21-24/h1-16,19,23-24,26-27H,17-18,20-22H2. The highest BCUT2D eigenvalue weighted by Gasteiger charge is 2.80. The smallest absolute Gasteiger partial charge is 0.137 e. The average molecular weight is 542 g/mol. The Morgan fingerprint density at radius 2 is 1.24 bits per heavy atom. The van der Waals surface area contributed by atoms with Gasteiger partial charge in [0, 0.05) is 27.0 Å². The van der Waals surface area contributed by atoms with Crippen LogP contribution in [0.15, 0.2) is 109 Å². The Morgan fingerprint density at radius 1 is 0.571 bits per heavy atom. The Bertz CT molecular complexity index is 2220. The zero-order chi connectivity index (χ0) is 27.2. The predicted octanol–water partition coefficient (Wildman–Crippen LogP) is 9.35. The molecule has 4 aromatic carbocycles. The van der Waals surface area contributed by atoms with E-state index in [1.807, 2.05) is 0 Å². The molecule has 0 saturated heterocycles. The Hall–Kier alpha value is -4.37. The van der Waals surface area contributed by atoms with Gasteiger partial charge in [-0.1, -0.05) is 60.7 Å². The number of pyridine rings is 1. The molecule has 4 fully saturated rings. The fourth-order valence-electron chi connectivity index (χ4n) is 11.0. The van der Waals surface area contributed by atoms with Crippen molar-refractivity contribution >= 4 is 43.6 Å². The van der Waals surface area contributed by atoms with E-state index >= 15 is 0 Å². The van der Waals surface area contributed by atoms with Crippen LogP contribution >= 0.6 is 0 Å². The van der Waals surface area contributed by atoms with Crippen molar-refractivity contribution in [1.29, 1.82) is 0 Å². The zero-order valence-corrected chi connectivity index (χ0v) is 23.5. The van der Waals surface area contributed by atoms with Gasteiger partial charge in [0.05, 0.1) is 34.0 Å². The minimum absolute atomic E-state index is 0.451. The van der Waals surface area contributed by atoms with E-state index in [0.29, 0.717) is 10.8 Å². The SMILES string of the molecule is c1ccc2c(c1)c1cc(C34CC5CC6CC(C3)C64C5)ccc1n2-c1ccc(-n2c3ccccc3c3ccccc32)nc1. The Kier molecular flexibility index (Phi) is 3.89. The fourth-order valence-corrected chi connectivity index (χ4v) is 11.0. The van der Waals surface area contributed by atoms with Gasteiger partial charge in [0.15, 0.2) is 0 Å². The maximum absolute atomic E-state index is 5.08. The number of fused-ring (bicyclic) bond motifs is 7. The summed E-state index contributed by atoms with van der Waals surface area (Å²) in [5, 5.41) is 5.26. The molecule has 202 valence electrons. The lowest BCUT2D eigenvalue weighted by Gasteiger charge is -2.73. The van der Waals surface area contributed by atoms with E-state index in [1.165, 1.54) is 75.7 Å². The van der Waals surface area contributed by atoms with Crippen molar-refractivity contribution in [3.8, 4) is 11.5 Å². The second-order valence-electron chi connectivity index (χ2n) is 13.8. The van der Waals surface area contributed by atoms with Crippen LogP contribution < -0.4 is 0 Å². The van der Waals surface area contributed by atoms with Gasteiger partial charge in [0.25, 0.3) is 0 Å². The van der Waals surface area contributed by atoms with E-state index in [-0.39, 0.29) is 0 Å². The summed E-state index contributed by atoms with van der Waals surface area (Å²) in [7, 11) is 0. The predicted molar refractivity (Wildman–Crippen MR) is 171 cm³/mol. The number of para-hydroxylation sites is 3. The van der Waals surface area contributed by atoms with Crippen molar-refractivity contribution in [2.45, 2.75) is 37.5 Å². The molecule has 4 saturated carbocycles. The first-order chi connectivity index (χ1) is 20.7. The Balaban J connectivity index is 1.07. The molecule has 0 aliphatic heterocycles. The molecule has 42 heavy (non-hydrogen) atoms. The van der Waals surface area contributed by atoms with Crippen molar-refractivity contribution in [1.82, 2.24) is 14.1 Å². The summed E-state index contributed by atoms with van der Waals surface area (Å²) >= 11 is 0. The summed E-state index contributed by atoms with van der Waals surface area (Å²) in [4.78, 5) is 5.08. The summed E-state index contributed by atoms with van der Waals surface area (Å²) in [5.74, 6) is 3.93. The van der Waals surface area contributed by atoms with E-state index in [2.05, 4.69) is 118 Å². The van der Waals surface area contributed by atoms with Crippen molar-refractivity contribution < 1.29 is 0 Å². The minimum Gasteiger partial charge on any atom is -0.308 e. The summed E-state index contributed by atoms with van der Waals surface area (Å²) in [6, 6.07) is 38.2. The molecular formula is C39H31N3. The molecule has 4 aliphatic rings. The average Bonchev–Trinajstić information content (AvgIpc) is 3.74. The van der Waals surface area contributed by atoms with Gasteiger partial charge in [0.1, 0.15) is 5.82 Å². The first kappa shape index (κ1) is 22.3. The molecule has 1 spiro atoms. The van der Waals surface area contributed by atoms with Gasteiger partial charge in [-0.25, -0.2) is 4.98 Å². The highest BCUT2D eigenvalue weighted by Crippen LogP contribution is 2.86. The second kappa shape index (κ2) is 7.33. The lowest BCUT2D eigenvalue weighted by atomic mass is 9.31. The lowest BCUT2D eigenvalue weighted by Crippen LogP contribution is -2.68. The number of hydrogen-bond acceptors (Lipinski definition) is 1. The molecular weight excluding hydrogens is 510 g/mol. The van der Waals surface area contributed by atoms with E-state index in [9.17, 15) is 0 Å². The number of nitrogens with zero attached hydrogens (tertiary/aromatic N) is 3. The van der Waals surface area contributed by atoms with Gasteiger partial charge in [-0.05, 0) is 103 Å². The van der Waals surface area contributed by atoms with Gasteiger partial charge >= 0.3 is 0 Å². The lowest BCUT2D eigenvalue weighted by molar-refractivity contribution is -0.198. The van der Waals surface area contributed by atoms with Crippen molar-refractivity contribution in [2.75, 3.05) is 0 Å². The van der Waals surface area contributed by atoms with Crippen LogP contribution in [-0.2, 0) is 5.41 Å². The number of benzene rings is 4. The first-order valence-electron chi connectivity index (χ1n) is 15.7. The Morgan fingerprint density at radius 3 is 1.90 bits per heavy atom. The molecule has 5 atom stereocenters. The summed E-state index contributed by atoms with van der Waals surface area (Å²) < 4.78 is 4.71. The molecule has 2 bridgehead atoms. The molecule has 3 aromatic heterocycles. The number of rotatable bonds is 3.